The van der Waals surface area contributed by atoms with Gasteiger partial charge in [0.25, 0.3) is 11.8 Å². The topological polar surface area (TPSA) is 72.9 Å². The van der Waals surface area contributed by atoms with E-state index in [9.17, 15) is 14.4 Å². The van der Waals surface area contributed by atoms with Gasteiger partial charge in [-0.1, -0.05) is 36.5 Å². The zero-order valence-corrected chi connectivity index (χ0v) is 12.1. The van der Waals surface area contributed by atoms with Gasteiger partial charge in [0, 0.05) is 0 Å². The first-order chi connectivity index (χ1) is 10.7. The summed E-state index contributed by atoms with van der Waals surface area (Å²) in [6.45, 7) is -0.252. The summed E-state index contributed by atoms with van der Waals surface area (Å²) < 4.78 is 5.48. The zero-order chi connectivity index (χ0) is 15.5. The number of hydrogen-bond donors (Lipinski definition) is 0. The molecule has 6 heteroatoms. The fourth-order valence-corrected chi connectivity index (χ4v) is 2.80. The Morgan fingerprint density at radius 2 is 1.64 bits per heavy atom. The number of fused-ring (bicyclic) bond motifs is 1. The third-order valence-electron chi connectivity index (χ3n) is 3.94. The maximum Gasteiger partial charge on any atom is 0.358 e. The summed E-state index contributed by atoms with van der Waals surface area (Å²) in [7, 11) is 0. The number of benzene rings is 1. The summed E-state index contributed by atoms with van der Waals surface area (Å²) in [4.78, 5) is 40.7. The minimum Gasteiger partial charge on any atom is -0.366 e. The number of nitrogens with zero attached hydrogens (tertiary/aromatic N) is 1. The van der Waals surface area contributed by atoms with E-state index in [1.807, 2.05) is 0 Å². The number of rotatable bonds is 4. The highest BCUT2D eigenvalue weighted by Crippen LogP contribution is 2.23. The van der Waals surface area contributed by atoms with E-state index in [2.05, 4.69) is 0 Å². The van der Waals surface area contributed by atoms with Crippen LogP contribution in [0.4, 0.5) is 0 Å². The minimum atomic E-state index is -0.736. The van der Waals surface area contributed by atoms with Crippen molar-refractivity contribution in [3.63, 3.8) is 0 Å². The first kappa shape index (κ1) is 14.7. The molecule has 6 nitrogen and oxygen atoms in total. The quantitative estimate of drug-likeness (QED) is 0.796. The van der Waals surface area contributed by atoms with Gasteiger partial charge in [0.15, 0.2) is 0 Å². The highest BCUT2D eigenvalue weighted by molar-refractivity contribution is 6.20. The molecular weight excluding hydrogens is 286 g/mol. The van der Waals surface area contributed by atoms with Gasteiger partial charge in [0.05, 0.1) is 17.2 Å². The number of hydroxylamine groups is 2. The van der Waals surface area contributed by atoms with Crippen LogP contribution in [0.1, 0.15) is 52.8 Å². The summed E-state index contributed by atoms with van der Waals surface area (Å²) in [5.74, 6) is -1.97. The SMILES string of the molecule is O=C(COC1CCCCC1)ON1C(=O)c2ccccc2C1=O. The highest BCUT2D eigenvalue weighted by Gasteiger charge is 2.38. The molecule has 1 aliphatic carbocycles. The molecule has 0 radical (unpaired) electrons. The van der Waals surface area contributed by atoms with Gasteiger partial charge >= 0.3 is 5.97 Å². The Bertz CT molecular complexity index is 571. The van der Waals surface area contributed by atoms with Crippen molar-refractivity contribution in [2.45, 2.75) is 38.2 Å². The van der Waals surface area contributed by atoms with E-state index in [0.29, 0.717) is 5.06 Å². The smallest absolute Gasteiger partial charge is 0.358 e. The lowest BCUT2D eigenvalue weighted by Crippen LogP contribution is -2.34. The summed E-state index contributed by atoms with van der Waals surface area (Å²) in [6.07, 6.45) is 5.30. The second kappa shape index (κ2) is 6.27. The molecule has 22 heavy (non-hydrogen) atoms. The van der Waals surface area contributed by atoms with E-state index in [1.165, 1.54) is 18.6 Å². The van der Waals surface area contributed by atoms with Gasteiger partial charge < -0.3 is 9.57 Å². The van der Waals surface area contributed by atoms with E-state index in [4.69, 9.17) is 9.57 Å². The fraction of sp³-hybridized carbons (Fsp3) is 0.438. The van der Waals surface area contributed by atoms with Crippen molar-refractivity contribution in [2.24, 2.45) is 0 Å². The van der Waals surface area contributed by atoms with E-state index in [1.54, 1.807) is 12.1 Å². The van der Waals surface area contributed by atoms with Crippen molar-refractivity contribution in [3.05, 3.63) is 35.4 Å². The van der Waals surface area contributed by atoms with Gasteiger partial charge in [-0.2, -0.15) is 0 Å². The third-order valence-corrected chi connectivity index (χ3v) is 3.94. The van der Waals surface area contributed by atoms with Gasteiger partial charge in [-0.05, 0) is 25.0 Å². The van der Waals surface area contributed by atoms with E-state index in [0.717, 1.165) is 25.7 Å². The van der Waals surface area contributed by atoms with Crippen LogP contribution in [0, 0.1) is 0 Å². The van der Waals surface area contributed by atoms with Crippen LogP contribution in [0.15, 0.2) is 24.3 Å². The summed E-state index contributed by atoms with van der Waals surface area (Å²) in [5, 5.41) is 0.511. The lowest BCUT2D eigenvalue weighted by Gasteiger charge is -2.21. The number of carbonyl (C=O) groups is 3. The molecule has 1 saturated carbocycles. The summed E-state index contributed by atoms with van der Waals surface area (Å²) >= 11 is 0. The first-order valence-corrected chi connectivity index (χ1v) is 7.47. The van der Waals surface area contributed by atoms with Crippen LogP contribution < -0.4 is 0 Å². The van der Waals surface area contributed by atoms with E-state index in [-0.39, 0.29) is 23.8 Å². The largest absolute Gasteiger partial charge is 0.366 e. The van der Waals surface area contributed by atoms with Crippen molar-refractivity contribution in [1.82, 2.24) is 5.06 Å². The summed E-state index contributed by atoms with van der Waals surface area (Å²) in [6, 6.07) is 6.37. The average Bonchev–Trinajstić information content (AvgIpc) is 2.79. The number of amides is 2. The molecule has 1 heterocycles. The Kier molecular flexibility index (Phi) is 4.20. The van der Waals surface area contributed by atoms with Gasteiger partial charge in [0.1, 0.15) is 6.61 Å². The number of imide groups is 1. The number of carbonyl (C=O) groups excluding carboxylic acids is 3. The lowest BCUT2D eigenvalue weighted by atomic mass is 9.98. The van der Waals surface area contributed by atoms with Gasteiger partial charge in [-0.15, -0.1) is 0 Å². The van der Waals surface area contributed by atoms with Crippen LogP contribution >= 0.6 is 0 Å². The Labute approximate surface area is 127 Å². The van der Waals surface area contributed by atoms with E-state index < -0.39 is 17.8 Å². The van der Waals surface area contributed by atoms with Crippen LogP contribution in [-0.4, -0.2) is 35.6 Å². The summed E-state index contributed by atoms with van der Waals surface area (Å²) in [5.41, 5.74) is 0.488. The second-order valence-corrected chi connectivity index (χ2v) is 5.48. The molecule has 0 N–H and O–H groups in total. The first-order valence-electron chi connectivity index (χ1n) is 7.47. The molecular formula is C16H17NO5. The van der Waals surface area contributed by atoms with Crippen LogP contribution in [0.25, 0.3) is 0 Å². The molecule has 1 fully saturated rings. The molecule has 2 amide bonds. The Morgan fingerprint density at radius 1 is 1.05 bits per heavy atom. The van der Waals surface area contributed by atoms with Crippen molar-refractivity contribution in [1.29, 1.82) is 0 Å². The Balaban J connectivity index is 1.56. The van der Waals surface area contributed by atoms with Crippen molar-refractivity contribution in [3.8, 4) is 0 Å². The molecule has 1 aromatic carbocycles. The zero-order valence-electron chi connectivity index (χ0n) is 12.1. The molecule has 116 valence electrons. The predicted molar refractivity (Wildman–Crippen MR) is 75.9 cm³/mol. The fourth-order valence-electron chi connectivity index (χ4n) is 2.80. The molecule has 1 aliphatic heterocycles. The van der Waals surface area contributed by atoms with Gasteiger partial charge in [-0.3, -0.25) is 9.59 Å². The third kappa shape index (κ3) is 2.87. The standard InChI is InChI=1S/C16H17NO5/c18-14(10-21-11-6-2-1-3-7-11)22-17-15(19)12-8-4-5-9-13(12)16(17)20/h4-5,8-9,11H,1-3,6-7,10H2. The van der Waals surface area contributed by atoms with E-state index >= 15 is 0 Å². The van der Waals surface area contributed by atoms with Crippen LogP contribution in [0.3, 0.4) is 0 Å². The van der Waals surface area contributed by atoms with Gasteiger partial charge in [0.2, 0.25) is 0 Å². The number of ether oxygens (including phenoxy) is 1. The molecule has 1 aromatic rings. The second-order valence-electron chi connectivity index (χ2n) is 5.48. The molecule has 0 bridgehead atoms. The highest BCUT2D eigenvalue weighted by atomic mass is 16.7. The molecule has 3 rings (SSSR count). The Hall–Kier alpha value is -2.21. The lowest BCUT2D eigenvalue weighted by molar-refractivity contribution is -0.176. The normalized spacial score (nSPS) is 18.5. The van der Waals surface area contributed by atoms with Crippen molar-refractivity contribution >= 4 is 17.8 Å². The van der Waals surface area contributed by atoms with Crippen LogP contribution in [0.2, 0.25) is 0 Å². The van der Waals surface area contributed by atoms with Crippen molar-refractivity contribution in [2.75, 3.05) is 6.61 Å². The number of hydrogen-bond acceptors (Lipinski definition) is 5. The monoisotopic (exact) mass is 303 g/mol. The molecule has 0 unspecified atom stereocenters. The maximum atomic E-state index is 12.0. The molecule has 0 atom stereocenters. The van der Waals surface area contributed by atoms with Crippen LogP contribution in [-0.2, 0) is 14.4 Å². The average molecular weight is 303 g/mol. The minimum absolute atomic E-state index is 0.0588. The molecule has 0 spiro atoms. The van der Waals surface area contributed by atoms with Gasteiger partial charge in [-0.25, -0.2) is 4.79 Å². The van der Waals surface area contributed by atoms with Crippen molar-refractivity contribution < 1.29 is 24.0 Å². The predicted octanol–water partition coefficient (Wildman–Crippen LogP) is 2.09. The molecule has 2 aliphatic rings. The van der Waals surface area contributed by atoms with Crippen LogP contribution in [0.5, 0.6) is 0 Å². The maximum absolute atomic E-state index is 12.0. The molecule has 0 saturated heterocycles. The molecule has 0 aromatic heterocycles. The Morgan fingerprint density at radius 3 is 2.23 bits per heavy atom.